The summed E-state index contributed by atoms with van der Waals surface area (Å²) in [4.78, 5) is 20.2. The molecule has 0 spiro atoms. The number of rotatable bonds is 11. The molecule has 3 aromatic rings. The minimum absolute atomic E-state index is 0.144. The molecule has 0 bridgehead atoms. The summed E-state index contributed by atoms with van der Waals surface area (Å²) in [5.41, 5.74) is 9.12. The van der Waals surface area contributed by atoms with Crippen LogP contribution in [0.5, 0.6) is 0 Å². The number of benzene rings is 1. The fourth-order valence-electron chi connectivity index (χ4n) is 3.22. The number of hydrogen-bond donors (Lipinski definition) is 4. The van der Waals surface area contributed by atoms with E-state index in [0.29, 0.717) is 42.7 Å². The zero-order valence-electron chi connectivity index (χ0n) is 19.8. The standard InChI is InChI=1S/C24H32N8O2/c1-4-6-18-7-9-20(10-8-18)32(26)22-21(25)15-28-23(30-22)29-19-11-14-31(16-19)13-5-12-27-24(33)34-17(2)3/h7-10,15-17H,4-6,12-13,25-26H2,1-3H3,(H,27,33)(H,28,29,30). The number of nitrogens with zero attached hydrogens (tertiary/aromatic N) is 4. The number of aromatic nitrogens is 3. The first-order chi connectivity index (χ1) is 16.4. The Balaban J connectivity index is 1.58. The minimum Gasteiger partial charge on any atom is -0.447 e. The Kier molecular flexibility index (Phi) is 8.54. The monoisotopic (exact) mass is 464 g/mol. The molecular formula is C24H32N8O2. The van der Waals surface area contributed by atoms with Gasteiger partial charge in [-0.05, 0) is 50.5 Å². The van der Waals surface area contributed by atoms with Crippen molar-refractivity contribution in [2.75, 3.05) is 22.6 Å². The van der Waals surface area contributed by atoms with Gasteiger partial charge in [-0.2, -0.15) is 4.98 Å². The van der Waals surface area contributed by atoms with Crippen molar-refractivity contribution in [1.29, 1.82) is 0 Å². The summed E-state index contributed by atoms with van der Waals surface area (Å²) < 4.78 is 6.87. The van der Waals surface area contributed by atoms with Crippen molar-refractivity contribution in [1.82, 2.24) is 19.9 Å². The maximum atomic E-state index is 11.5. The van der Waals surface area contributed by atoms with Crippen molar-refractivity contribution in [3.8, 4) is 0 Å². The van der Waals surface area contributed by atoms with Gasteiger partial charge in [0.1, 0.15) is 5.69 Å². The molecule has 34 heavy (non-hydrogen) atoms. The molecule has 3 rings (SSSR count). The van der Waals surface area contributed by atoms with E-state index in [0.717, 1.165) is 18.5 Å². The average Bonchev–Trinajstić information content (AvgIpc) is 3.25. The number of nitrogens with two attached hydrogens (primary N) is 2. The summed E-state index contributed by atoms with van der Waals surface area (Å²) >= 11 is 0. The van der Waals surface area contributed by atoms with Crippen LogP contribution < -0.4 is 27.2 Å². The molecule has 6 N–H and O–H groups in total. The molecule has 10 heteroatoms. The highest BCUT2D eigenvalue weighted by Crippen LogP contribution is 2.27. The van der Waals surface area contributed by atoms with Crippen molar-refractivity contribution < 1.29 is 9.53 Å². The van der Waals surface area contributed by atoms with E-state index in [1.54, 1.807) is 0 Å². The van der Waals surface area contributed by atoms with Crippen molar-refractivity contribution in [3.63, 3.8) is 0 Å². The second kappa shape index (κ2) is 11.8. The summed E-state index contributed by atoms with van der Waals surface area (Å²) in [6, 6.07) is 11.0. The number of amides is 1. The minimum atomic E-state index is -0.414. The van der Waals surface area contributed by atoms with Crippen LogP contribution in [0.3, 0.4) is 0 Å². The van der Waals surface area contributed by atoms with Gasteiger partial charge in [-0.25, -0.2) is 15.6 Å². The molecular weight excluding hydrogens is 432 g/mol. The average molecular weight is 465 g/mol. The van der Waals surface area contributed by atoms with Gasteiger partial charge in [0, 0.05) is 25.5 Å². The molecule has 0 saturated heterocycles. The van der Waals surface area contributed by atoms with Gasteiger partial charge in [-0.15, -0.1) is 0 Å². The number of carbonyl (C=O) groups is 1. The van der Waals surface area contributed by atoms with Gasteiger partial charge in [-0.3, -0.25) is 5.01 Å². The zero-order chi connectivity index (χ0) is 24.5. The van der Waals surface area contributed by atoms with Crippen LogP contribution in [-0.2, 0) is 17.7 Å². The van der Waals surface area contributed by atoms with Crippen LogP contribution in [0.2, 0.25) is 0 Å². The maximum Gasteiger partial charge on any atom is 0.407 e. The van der Waals surface area contributed by atoms with Gasteiger partial charge in [0.05, 0.1) is 23.7 Å². The van der Waals surface area contributed by atoms with E-state index in [1.807, 2.05) is 48.9 Å². The summed E-state index contributed by atoms with van der Waals surface area (Å²) in [6.07, 6.45) is 8.61. The van der Waals surface area contributed by atoms with Gasteiger partial charge in [0.25, 0.3) is 0 Å². The molecule has 180 valence electrons. The van der Waals surface area contributed by atoms with Crippen molar-refractivity contribution >= 4 is 34.9 Å². The Morgan fingerprint density at radius 3 is 2.76 bits per heavy atom. The highest BCUT2D eigenvalue weighted by molar-refractivity contribution is 5.71. The number of nitrogens with one attached hydrogen (secondary N) is 2. The summed E-state index contributed by atoms with van der Waals surface area (Å²) in [5, 5.41) is 7.25. The quantitative estimate of drug-likeness (QED) is 0.192. The van der Waals surface area contributed by atoms with Gasteiger partial charge >= 0.3 is 6.09 Å². The SMILES string of the molecule is CCCc1ccc(N(N)c2nc(Nc3c#cn(CCCNC(=O)OC(C)C)c3)ncc2N)cc1. The third-order valence-corrected chi connectivity index (χ3v) is 4.83. The number of hydrazine groups is 1. The number of anilines is 5. The van der Waals surface area contributed by atoms with E-state index in [2.05, 4.69) is 39.8 Å². The molecule has 0 unspecified atom stereocenters. The summed E-state index contributed by atoms with van der Waals surface area (Å²) in [5.74, 6) is 7.03. The number of hydrogen-bond acceptors (Lipinski definition) is 8. The van der Waals surface area contributed by atoms with E-state index in [-0.39, 0.29) is 6.10 Å². The lowest BCUT2D eigenvalue weighted by atomic mass is 10.1. The molecule has 2 heterocycles. The predicted molar refractivity (Wildman–Crippen MR) is 133 cm³/mol. The lowest BCUT2D eigenvalue weighted by Crippen LogP contribution is -2.28. The number of nitrogen functional groups attached to an aromatic ring is 1. The molecule has 0 fully saturated rings. The highest BCUT2D eigenvalue weighted by atomic mass is 16.6. The Labute approximate surface area is 200 Å². The molecule has 0 saturated carbocycles. The van der Waals surface area contributed by atoms with Crippen LogP contribution in [0.15, 0.2) is 36.7 Å². The van der Waals surface area contributed by atoms with Crippen molar-refractivity contribution in [2.45, 2.75) is 52.7 Å². The number of aryl methyl sites for hydroxylation is 2. The van der Waals surface area contributed by atoms with E-state index in [1.165, 1.54) is 16.8 Å². The van der Waals surface area contributed by atoms with Crippen molar-refractivity contribution in [3.05, 3.63) is 54.5 Å². The number of alkyl carbamates (subject to hydrolysis) is 1. The lowest BCUT2D eigenvalue weighted by molar-refractivity contribution is 0.115. The maximum absolute atomic E-state index is 11.5. The molecule has 2 aromatic heterocycles. The third kappa shape index (κ3) is 7.02. The fraction of sp³-hybridized carbons (Fsp3) is 0.375. The van der Waals surface area contributed by atoms with Crippen LogP contribution in [0.1, 0.15) is 39.2 Å². The second-order valence-corrected chi connectivity index (χ2v) is 8.09. The second-order valence-electron chi connectivity index (χ2n) is 8.09. The largest absolute Gasteiger partial charge is 0.447 e. The van der Waals surface area contributed by atoms with Gasteiger partial charge in [0.2, 0.25) is 5.95 Å². The molecule has 0 radical (unpaired) electrons. The number of carbonyl (C=O) groups excluding carboxylic acids is 1. The first-order valence-corrected chi connectivity index (χ1v) is 11.3. The Morgan fingerprint density at radius 2 is 2.06 bits per heavy atom. The van der Waals surface area contributed by atoms with E-state index in [9.17, 15) is 4.79 Å². The van der Waals surface area contributed by atoms with Crippen LogP contribution in [0.4, 0.5) is 33.6 Å². The number of ether oxygens (including phenoxy) is 1. The Morgan fingerprint density at radius 1 is 1.29 bits per heavy atom. The van der Waals surface area contributed by atoms with E-state index < -0.39 is 6.09 Å². The normalized spacial score (nSPS) is 10.6. The molecule has 1 amide bonds. The highest BCUT2D eigenvalue weighted by Gasteiger charge is 2.13. The van der Waals surface area contributed by atoms with E-state index in [4.69, 9.17) is 16.3 Å². The summed E-state index contributed by atoms with van der Waals surface area (Å²) in [7, 11) is 0. The summed E-state index contributed by atoms with van der Waals surface area (Å²) in [6.45, 7) is 6.91. The predicted octanol–water partition coefficient (Wildman–Crippen LogP) is 3.69. The van der Waals surface area contributed by atoms with Gasteiger partial charge in [-0.1, -0.05) is 25.5 Å². The smallest absolute Gasteiger partial charge is 0.407 e. The van der Waals surface area contributed by atoms with E-state index >= 15 is 0 Å². The van der Waals surface area contributed by atoms with Gasteiger partial charge < -0.3 is 25.7 Å². The van der Waals surface area contributed by atoms with Crippen LogP contribution >= 0.6 is 0 Å². The first kappa shape index (κ1) is 24.7. The Bertz CT molecular complexity index is 1070. The molecule has 10 nitrogen and oxygen atoms in total. The van der Waals surface area contributed by atoms with Crippen LogP contribution in [-0.4, -0.2) is 33.3 Å². The molecule has 0 aliphatic heterocycles. The molecule has 1 aromatic carbocycles. The van der Waals surface area contributed by atoms with Crippen molar-refractivity contribution in [2.24, 2.45) is 5.84 Å². The van der Waals surface area contributed by atoms with Crippen LogP contribution in [0.25, 0.3) is 0 Å². The Hall–Kier alpha value is -3.97. The molecule has 0 atom stereocenters. The third-order valence-electron chi connectivity index (χ3n) is 4.83. The fourth-order valence-corrected chi connectivity index (χ4v) is 3.22. The zero-order valence-corrected chi connectivity index (χ0v) is 19.8. The molecule has 0 aliphatic carbocycles. The van der Waals surface area contributed by atoms with Crippen LogP contribution in [0, 0.1) is 12.3 Å². The van der Waals surface area contributed by atoms with Gasteiger partial charge in [0.15, 0.2) is 5.82 Å². The first-order valence-electron chi connectivity index (χ1n) is 11.3. The topological polar surface area (TPSA) is 136 Å². The molecule has 0 aliphatic rings. The lowest BCUT2D eigenvalue weighted by Gasteiger charge is -2.20.